The van der Waals surface area contributed by atoms with E-state index in [1.165, 1.54) is 12.8 Å². The molecule has 1 saturated carbocycles. The first kappa shape index (κ1) is 20.9. The van der Waals surface area contributed by atoms with Crippen LogP contribution in [-0.2, 0) is 16.1 Å². The maximum atomic E-state index is 13.1. The average molecular weight is 390 g/mol. The first-order valence-electron chi connectivity index (χ1n) is 10.7. The molecule has 0 unspecified atom stereocenters. The number of hydrogen-bond acceptors (Lipinski definition) is 4. The van der Waals surface area contributed by atoms with Crippen LogP contribution in [0.2, 0.25) is 0 Å². The fourth-order valence-electron chi connectivity index (χ4n) is 4.46. The number of amides is 2. The van der Waals surface area contributed by atoms with Gasteiger partial charge in [0.1, 0.15) is 5.76 Å². The minimum absolute atomic E-state index is 0.00629. The van der Waals surface area contributed by atoms with Crippen molar-refractivity contribution >= 4 is 11.8 Å². The summed E-state index contributed by atoms with van der Waals surface area (Å²) in [5.74, 6) is 1.51. The SMILES string of the molecule is CC(C)(C)CC(=O)N1CCN([C@H](C(=O)NCc2ccco2)C2CCCC2)CC1. The normalized spacial score (nSPS) is 20.3. The Kier molecular flexibility index (Phi) is 6.81. The van der Waals surface area contributed by atoms with Crippen molar-refractivity contribution < 1.29 is 14.0 Å². The maximum absolute atomic E-state index is 13.1. The van der Waals surface area contributed by atoms with Crippen molar-refractivity contribution in [1.82, 2.24) is 15.1 Å². The lowest BCUT2D eigenvalue weighted by atomic mass is 9.91. The largest absolute Gasteiger partial charge is 0.467 e. The Morgan fingerprint density at radius 1 is 1.18 bits per heavy atom. The summed E-state index contributed by atoms with van der Waals surface area (Å²) < 4.78 is 5.34. The number of carbonyl (C=O) groups is 2. The molecule has 0 radical (unpaired) electrons. The molecule has 2 aliphatic rings. The van der Waals surface area contributed by atoms with Crippen LogP contribution in [0.5, 0.6) is 0 Å². The van der Waals surface area contributed by atoms with Crippen molar-refractivity contribution in [1.29, 1.82) is 0 Å². The molecule has 28 heavy (non-hydrogen) atoms. The average Bonchev–Trinajstić information content (AvgIpc) is 3.33. The van der Waals surface area contributed by atoms with Gasteiger partial charge in [0, 0.05) is 32.6 Å². The number of hydrogen-bond donors (Lipinski definition) is 1. The van der Waals surface area contributed by atoms with Crippen LogP contribution >= 0.6 is 0 Å². The Balaban J connectivity index is 1.58. The topological polar surface area (TPSA) is 65.8 Å². The fraction of sp³-hybridized carbons (Fsp3) is 0.727. The standard InChI is InChI=1S/C22H35N3O3/c1-22(2,3)15-19(26)24-10-12-25(13-11-24)20(17-7-4-5-8-17)21(27)23-16-18-9-6-14-28-18/h6,9,14,17,20H,4-5,7-8,10-13,15-16H2,1-3H3,(H,23,27)/t20-/m0/s1. The number of nitrogens with one attached hydrogen (secondary N) is 1. The molecule has 2 fully saturated rings. The van der Waals surface area contributed by atoms with Gasteiger partial charge in [0.15, 0.2) is 0 Å². The Bertz CT molecular complexity index is 636. The van der Waals surface area contributed by atoms with Crippen molar-refractivity contribution in [2.45, 2.75) is 65.5 Å². The summed E-state index contributed by atoms with van der Waals surface area (Å²) in [7, 11) is 0. The molecule has 0 aromatic carbocycles. The zero-order chi connectivity index (χ0) is 20.1. The van der Waals surface area contributed by atoms with Gasteiger partial charge in [-0.1, -0.05) is 33.6 Å². The lowest BCUT2D eigenvalue weighted by Gasteiger charge is -2.41. The smallest absolute Gasteiger partial charge is 0.238 e. The summed E-state index contributed by atoms with van der Waals surface area (Å²) in [5, 5.41) is 3.07. The van der Waals surface area contributed by atoms with Crippen molar-refractivity contribution in [3.8, 4) is 0 Å². The second-order valence-electron chi connectivity index (χ2n) is 9.44. The molecule has 1 aromatic rings. The Hall–Kier alpha value is -1.82. The molecule has 6 heteroatoms. The van der Waals surface area contributed by atoms with Crippen molar-refractivity contribution in [2.24, 2.45) is 11.3 Å². The summed E-state index contributed by atoms with van der Waals surface area (Å²) in [4.78, 5) is 29.9. The van der Waals surface area contributed by atoms with Crippen LogP contribution in [0.15, 0.2) is 22.8 Å². The zero-order valence-corrected chi connectivity index (χ0v) is 17.6. The zero-order valence-electron chi connectivity index (χ0n) is 17.6. The molecule has 6 nitrogen and oxygen atoms in total. The number of piperazine rings is 1. The van der Waals surface area contributed by atoms with Crippen molar-refractivity contribution in [2.75, 3.05) is 26.2 Å². The number of rotatable bonds is 6. The van der Waals surface area contributed by atoms with E-state index in [2.05, 4.69) is 31.0 Å². The molecule has 1 atom stereocenters. The van der Waals surface area contributed by atoms with Crippen LogP contribution in [0.1, 0.15) is 58.6 Å². The van der Waals surface area contributed by atoms with E-state index in [-0.39, 0.29) is 23.3 Å². The van der Waals surface area contributed by atoms with E-state index < -0.39 is 0 Å². The third-order valence-electron chi connectivity index (χ3n) is 5.87. The minimum atomic E-state index is -0.0997. The van der Waals surface area contributed by atoms with Crippen molar-refractivity contribution in [3.05, 3.63) is 24.2 Å². The van der Waals surface area contributed by atoms with Gasteiger partial charge in [-0.25, -0.2) is 0 Å². The highest BCUT2D eigenvalue weighted by atomic mass is 16.3. The first-order chi connectivity index (χ1) is 13.3. The van der Waals surface area contributed by atoms with E-state index in [1.807, 2.05) is 17.0 Å². The number of carbonyl (C=O) groups excluding carboxylic acids is 2. The van der Waals surface area contributed by atoms with Crippen LogP contribution in [0.3, 0.4) is 0 Å². The van der Waals surface area contributed by atoms with Gasteiger partial charge >= 0.3 is 0 Å². The molecule has 156 valence electrons. The summed E-state index contributed by atoms with van der Waals surface area (Å²) in [5.41, 5.74) is 0.00629. The molecule has 2 amide bonds. The van der Waals surface area contributed by atoms with E-state index in [9.17, 15) is 9.59 Å². The first-order valence-corrected chi connectivity index (χ1v) is 10.7. The molecular weight excluding hydrogens is 354 g/mol. The van der Waals surface area contributed by atoms with E-state index in [1.54, 1.807) is 6.26 Å². The van der Waals surface area contributed by atoms with Gasteiger partial charge in [0.05, 0.1) is 18.8 Å². The fourth-order valence-corrected chi connectivity index (χ4v) is 4.46. The molecule has 0 bridgehead atoms. The molecular formula is C22H35N3O3. The van der Waals surface area contributed by atoms with E-state index in [4.69, 9.17) is 4.42 Å². The van der Waals surface area contributed by atoms with Crippen LogP contribution < -0.4 is 5.32 Å². The minimum Gasteiger partial charge on any atom is -0.467 e. The van der Waals surface area contributed by atoms with Crippen LogP contribution in [0.4, 0.5) is 0 Å². The quantitative estimate of drug-likeness (QED) is 0.812. The number of nitrogens with zero attached hydrogens (tertiary/aromatic N) is 2. The second-order valence-corrected chi connectivity index (χ2v) is 9.44. The Morgan fingerprint density at radius 3 is 2.43 bits per heavy atom. The van der Waals surface area contributed by atoms with Gasteiger partial charge in [-0.2, -0.15) is 0 Å². The predicted octanol–water partition coefficient (Wildman–Crippen LogP) is 3.04. The van der Waals surface area contributed by atoms with Crippen LogP contribution in [-0.4, -0.2) is 53.8 Å². The molecule has 1 saturated heterocycles. The summed E-state index contributed by atoms with van der Waals surface area (Å²) >= 11 is 0. The monoisotopic (exact) mass is 389 g/mol. The highest BCUT2D eigenvalue weighted by Gasteiger charge is 2.37. The van der Waals surface area contributed by atoms with E-state index in [0.29, 0.717) is 32.0 Å². The molecule has 1 aromatic heterocycles. The van der Waals surface area contributed by atoms with Gasteiger partial charge in [-0.3, -0.25) is 14.5 Å². The summed E-state index contributed by atoms with van der Waals surface area (Å²) in [6.07, 6.45) is 6.84. The molecule has 3 rings (SSSR count). The molecule has 1 aliphatic heterocycles. The highest BCUT2D eigenvalue weighted by molar-refractivity contribution is 5.82. The summed E-state index contributed by atoms with van der Waals surface area (Å²) in [6.45, 7) is 9.69. The molecule has 1 aliphatic carbocycles. The Morgan fingerprint density at radius 2 is 1.86 bits per heavy atom. The molecule has 1 N–H and O–H groups in total. The highest BCUT2D eigenvalue weighted by Crippen LogP contribution is 2.31. The van der Waals surface area contributed by atoms with Crippen LogP contribution in [0, 0.1) is 11.3 Å². The lowest BCUT2D eigenvalue weighted by molar-refractivity contribution is -0.136. The maximum Gasteiger partial charge on any atom is 0.238 e. The third-order valence-corrected chi connectivity index (χ3v) is 5.87. The van der Waals surface area contributed by atoms with E-state index >= 15 is 0 Å². The number of furan rings is 1. The van der Waals surface area contributed by atoms with Gasteiger partial charge in [-0.05, 0) is 36.3 Å². The summed E-state index contributed by atoms with van der Waals surface area (Å²) in [6, 6.07) is 3.62. The van der Waals surface area contributed by atoms with Gasteiger partial charge in [0.2, 0.25) is 11.8 Å². The lowest BCUT2D eigenvalue weighted by Crippen LogP contribution is -2.58. The predicted molar refractivity (Wildman–Crippen MR) is 109 cm³/mol. The Labute approximate surface area is 168 Å². The van der Waals surface area contributed by atoms with Gasteiger partial charge < -0.3 is 14.6 Å². The second kappa shape index (κ2) is 9.12. The molecule has 0 spiro atoms. The van der Waals surface area contributed by atoms with Gasteiger partial charge in [0.25, 0.3) is 0 Å². The molecule has 2 heterocycles. The third kappa shape index (κ3) is 5.60. The van der Waals surface area contributed by atoms with Crippen molar-refractivity contribution in [3.63, 3.8) is 0 Å². The van der Waals surface area contributed by atoms with Gasteiger partial charge in [-0.15, -0.1) is 0 Å². The van der Waals surface area contributed by atoms with Crippen LogP contribution in [0.25, 0.3) is 0 Å². The van der Waals surface area contributed by atoms with E-state index in [0.717, 1.165) is 31.7 Å².